The first-order chi connectivity index (χ1) is 17.6. The van der Waals surface area contributed by atoms with Crippen LogP contribution in [0, 0.1) is 6.92 Å². The number of rotatable bonds is 5. The summed E-state index contributed by atoms with van der Waals surface area (Å²) in [6, 6.07) is 9.92. The van der Waals surface area contributed by atoms with Gasteiger partial charge < -0.3 is 20.7 Å². The number of nitrogens with two attached hydrogens (primary N) is 1. The molecule has 0 bridgehead atoms. The van der Waals surface area contributed by atoms with Gasteiger partial charge in [-0.2, -0.15) is 13.2 Å². The van der Waals surface area contributed by atoms with Gasteiger partial charge in [-0.05, 0) is 55.2 Å². The van der Waals surface area contributed by atoms with Crippen molar-refractivity contribution in [3.05, 3.63) is 70.5 Å². The number of fused-ring (bicyclic) bond motifs is 2. The fourth-order valence-electron chi connectivity index (χ4n) is 5.55. The van der Waals surface area contributed by atoms with Crippen molar-refractivity contribution in [2.45, 2.75) is 57.3 Å². The van der Waals surface area contributed by atoms with E-state index in [-0.39, 0.29) is 23.6 Å². The van der Waals surface area contributed by atoms with Crippen molar-refractivity contribution in [1.82, 2.24) is 14.9 Å². The molecule has 2 heterocycles. The SMILES string of the molecule is COc1ccc(CN2C(=O)c3c(C(F)(F)F)cc(Nc4ncnc(N)c4C)cc3C23CCCCC3)cc1. The summed E-state index contributed by atoms with van der Waals surface area (Å²) < 4.78 is 48.5. The zero-order chi connectivity index (χ0) is 26.4. The second-order valence-electron chi connectivity index (χ2n) is 9.63. The fraction of sp³-hybridized carbons (Fsp3) is 0.370. The maximum atomic E-state index is 14.4. The molecule has 0 radical (unpaired) electrons. The van der Waals surface area contributed by atoms with E-state index in [4.69, 9.17) is 10.5 Å². The Kier molecular flexibility index (Phi) is 6.21. The van der Waals surface area contributed by atoms with Gasteiger partial charge >= 0.3 is 6.18 Å². The number of alkyl halides is 3. The summed E-state index contributed by atoms with van der Waals surface area (Å²) in [5, 5.41) is 2.99. The molecule has 0 unspecified atom stereocenters. The smallest absolute Gasteiger partial charge is 0.417 e. The van der Waals surface area contributed by atoms with E-state index in [0.29, 0.717) is 35.5 Å². The molecule has 1 aliphatic heterocycles. The Morgan fingerprint density at radius 1 is 1.11 bits per heavy atom. The number of carbonyl (C=O) groups is 1. The van der Waals surface area contributed by atoms with Crippen LogP contribution in [0.15, 0.2) is 42.7 Å². The monoisotopic (exact) mass is 511 g/mol. The van der Waals surface area contributed by atoms with E-state index in [1.165, 1.54) is 6.33 Å². The standard InChI is InChI=1S/C27H28F3N5O2/c1-16-23(31)32-15-33-24(16)34-18-12-20-22(21(13-18)27(28,29)30)25(36)35(26(20)10-4-3-5-11-26)14-17-6-8-19(37-2)9-7-17/h6-9,12-13,15H,3-5,10-11,14H2,1-2H3,(H3,31,32,33,34). The number of benzene rings is 2. The molecule has 0 atom stereocenters. The Bertz CT molecular complexity index is 1340. The number of hydrogen-bond acceptors (Lipinski definition) is 6. The van der Waals surface area contributed by atoms with E-state index < -0.39 is 23.2 Å². The first-order valence-corrected chi connectivity index (χ1v) is 12.2. The predicted molar refractivity (Wildman–Crippen MR) is 134 cm³/mol. The minimum absolute atomic E-state index is 0.205. The van der Waals surface area contributed by atoms with Gasteiger partial charge in [-0.1, -0.05) is 31.4 Å². The van der Waals surface area contributed by atoms with Gasteiger partial charge in [0, 0.05) is 17.8 Å². The van der Waals surface area contributed by atoms with Gasteiger partial charge in [0.25, 0.3) is 5.91 Å². The summed E-state index contributed by atoms with van der Waals surface area (Å²) >= 11 is 0. The summed E-state index contributed by atoms with van der Waals surface area (Å²) in [6.45, 7) is 1.90. The van der Waals surface area contributed by atoms with Crippen LogP contribution < -0.4 is 15.8 Å². The molecule has 3 aromatic rings. The summed E-state index contributed by atoms with van der Waals surface area (Å²) in [4.78, 5) is 23.5. The van der Waals surface area contributed by atoms with Crippen molar-refractivity contribution in [3.63, 3.8) is 0 Å². The molecule has 1 spiro atoms. The number of amides is 1. The highest BCUT2D eigenvalue weighted by atomic mass is 19.4. The second kappa shape index (κ2) is 9.24. The first-order valence-electron chi connectivity index (χ1n) is 12.2. The zero-order valence-electron chi connectivity index (χ0n) is 20.7. The van der Waals surface area contributed by atoms with E-state index in [2.05, 4.69) is 15.3 Å². The van der Waals surface area contributed by atoms with E-state index >= 15 is 0 Å². The fourth-order valence-corrected chi connectivity index (χ4v) is 5.55. The van der Waals surface area contributed by atoms with Crippen molar-refractivity contribution < 1.29 is 22.7 Å². The number of halogens is 3. The molecular formula is C27H28F3N5O2. The van der Waals surface area contributed by atoms with E-state index in [1.54, 1.807) is 37.1 Å². The second-order valence-corrected chi connectivity index (χ2v) is 9.63. The van der Waals surface area contributed by atoms with Crippen LogP contribution in [0.2, 0.25) is 0 Å². The molecule has 37 heavy (non-hydrogen) atoms. The number of hydrogen-bond donors (Lipinski definition) is 2. The minimum atomic E-state index is -4.72. The van der Waals surface area contributed by atoms with Crippen molar-refractivity contribution in [2.24, 2.45) is 0 Å². The maximum absolute atomic E-state index is 14.4. The van der Waals surface area contributed by atoms with Crippen molar-refractivity contribution in [3.8, 4) is 5.75 Å². The van der Waals surface area contributed by atoms with Crippen LogP contribution >= 0.6 is 0 Å². The van der Waals surface area contributed by atoms with Crippen molar-refractivity contribution in [2.75, 3.05) is 18.2 Å². The highest BCUT2D eigenvalue weighted by Crippen LogP contribution is 2.53. The molecule has 1 aliphatic carbocycles. The molecule has 1 aromatic heterocycles. The molecular weight excluding hydrogens is 483 g/mol. The number of nitrogens with zero attached hydrogens (tertiary/aromatic N) is 3. The van der Waals surface area contributed by atoms with Crippen LogP contribution in [0.25, 0.3) is 0 Å². The number of nitrogen functional groups attached to an aromatic ring is 1. The maximum Gasteiger partial charge on any atom is 0.417 e. The number of carbonyl (C=O) groups excluding carboxylic acids is 1. The van der Waals surface area contributed by atoms with Gasteiger partial charge in [0.1, 0.15) is 23.7 Å². The lowest BCUT2D eigenvalue weighted by Crippen LogP contribution is -2.44. The molecule has 10 heteroatoms. The first kappa shape index (κ1) is 24.9. The number of methoxy groups -OCH3 is 1. The van der Waals surface area contributed by atoms with Gasteiger partial charge in [0.15, 0.2) is 0 Å². The molecule has 5 rings (SSSR count). The molecule has 1 saturated carbocycles. The van der Waals surface area contributed by atoms with Gasteiger partial charge in [-0.15, -0.1) is 0 Å². The van der Waals surface area contributed by atoms with E-state index in [9.17, 15) is 18.0 Å². The topological polar surface area (TPSA) is 93.4 Å². The number of ether oxygens (including phenoxy) is 1. The third kappa shape index (κ3) is 4.34. The lowest BCUT2D eigenvalue weighted by Gasteiger charge is -2.42. The largest absolute Gasteiger partial charge is 0.497 e. The van der Waals surface area contributed by atoms with Crippen molar-refractivity contribution >= 4 is 23.2 Å². The van der Waals surface area contributed by atoms with E-state index in [1.807, 2.05) is 12.1 Å². The molecule has 2 aliphatic rings. The molecule has 2 aromatic carbocycles. The number of anilines is 3. The van der Waals surface area contributed by atoms with Crippen LogP contribution in [-0.2, 0) is 18.3 Å². The molecule has 1 fully saturated rings. The molecule has 194 valence electrons. The quantitative estimate of drug-likeness (QED) is 0.440. The Labute approximate surface area is 212 Å². The third-order valence-corrected chi connectivity index (χ3v) is 7.49. The van der Waals surface area contributed by atoms with Gasteiger partial charge in [-0.25, -0.2) is 9.97 Å². The lowest BCUT2D eigenvalue weighted by molar-refractivity contribution is -0.137. The highest BCUT2D eigenvalue weighted by molar-refractivity contribution is 6.02. The van der Waals surface area contributed by atoms with Crippen LogP contribution in [0.4, 0.5) is 30.5 Å². The van der Waals surface area contributed by atoms with Crippen molar-refractivity contribution in [1.29, 1.82) is 0 Å². The van der Waals surface area contributed by atoms with Gasteiger partial charge in [0.2, 0.25) is 0 Å². The summed E-state index contributed by atoms with van der Waals surface area (Å²) in [5.41, 5.74) is 5.83. The average Bonchev–Trinajstić information content (AvgIpc) is 3.09. The predicted octanol–water partition coefficient (Wildman–Crippen LogP) is 5.95. The Morgan fingerprint density at radius 2 is 1.81 bits per heavy atom. The Morgan fingerprint density at radius 3 is 2.46 bits per heavy atom. The third-order valence-electron chi connectivity index (χ3n) is 7.49. The number of aromatic nitrogens is 2. The Balaban J connectivity index is 1.64. The zero-order valence-corrected chi connectivity index (χ0v) is 20.7. The van der Waals surface area contributed by atoms with Crippen LogP contribution in [0.3, 0.4) is 0 Å². The Hall–Kier alpha value is -3.82. The van der Waals surface area contributed by atoms with Crippen LogP contribution in [-0.4, -0.2) is 27.9 Å². The lowest BCUT2D eigenvalue weighted by atomic mass is 9.75. The molecule has 1 amide bonds. The summed E-state index contributed by atoms with van der Waals surface area (Å²) in [5.74, 6) is 0.633. The summed E-state index contributed by atoms with van der Waals surface area (Å²) in [7, 11) is 1.56. The number of nitrogens with one attached hydrogen (secondary N) is 1. The van der Waals surface area contributed by atoms with Gasteiger partial charge in [-0.3, -0.25) is 4.79 Å². The highest BCUT2D eigenvalue weighted by Gasteiger charge is 2.53. The molecule has 3 N–H and O–H groups in total. The van der Waals surface area contributed by atoms with Gasteiger partial charge in [0.05, 0.1) is 23.8 Å². The van der Waals surface area contributed by atoms with E-state index in [0.717, 1.165) is 30.9 Å². The molecule has 0 saturated heterocycles. The van der Waals surface area contributed by atoms with Crippen LogP contribution in [0.1, 0.15) is 64.7 Å². The minimum Gasteiger partial charge on any atom is -0.497 e. The van der Waals surface area contributed by atoms with Crippen LogP contribution in [0.5, 0.6) is 5.75 Å². The summed E-state index contributed by atoms with van der Waals surface area (Å²) in [6.07, 6.45) is 0.364. The average molecular weight is 512 g/mol. The normalized spacial score (nSPS) is 16.7. The molecule has 7 nitrogen and oxygen atoms in total.